The molecule has 0 bridgehead atoms. The minimum atomic E-state index is 0.848. The highest BCUT2D eigenvalue weighted by molar-refractivity contribution is 7.99. The minimum Gasteiger partial charge on any atom is -0.455 e. The lowest BCUT2D eigenvalue weighted by atomic mass is 9.97. The van der Waals surface area contributed by atoms with Gasteiger partial charge in [-0.25, -0.2) is 0 Å². The zero-order valence-electron chi connectivity index (χ0n) is 35.0. The van der Waals surface area contributed by atoms with Gasteiger partial charge in [0.15, 0.2) is 0 Å². The van der Waals surface area contributed by atoms with E-state index in [-0.39, 0.29) is 0 Å². The molecule has 1 aliphatic heterocycles. The summed E-state index contributed by atoms with van der Waals surface area (Å²) in [5.41, 5.74) is 14.8. The molecule has 11 aromatic rings. The van der Waals surface area contributed by atoms with Crippen LogP contribution in [0.25, 0.3) is 74.0 Å². The number of hydrogen-bond acceptors (Lipinski definition) is 6. The van der Waals surface area contributed by atoms with Gasteiger partial charge in [0.25, 0.3) is 0 Å². The Hall–Kier alpha value is -7.97. The van der Waals surface area contributed by atoms with E-state index in [0.717, 1.165) is 99.5 Å². The predicted octanol–water partition coefficient (Wildman–Crippen LogP) is 16.5. The Balaban J connectivity index is 0.963. The number of ether oxygens (including phenoxy) is 1. The van der Waals surface area contributed by atoms with Crippen LogP contribution in [0, 0.1) is 0 Å². The maximum Gasteiger partial charge on any atom is 0.141 e. The lowest BCUT2D eigenvalue weighted by molar-refractivity contribution is 0.454. The van der Waals surface area contributed by atoms with E-state index in [1.54, 1.807) is 11.8 Å². The maximum absolute atomic E-state index is 6.33. The van der Waals surface area contributed by atoms with Gasteiger partial charge in [-0.2, -0.15) is 8.75 Å². The number of anilines is 3. The first-order valence-corrected chi connectivity index (χ1v) is 23.1. The van der Waals surface area contributed by atoms with Crippen LogP contribution in [0.3, 0.4) is 0 Å². The van der Waals surface area contributed by atoms with Crippen LogP contribution in [0.1, 0.15) is 22.3 Å². The molecule has 0 radical (unpaired) electrons. The molecular weight excluding hydrogens is 833 g/mol. The Bertz CT molecular complexity index is 3500. The second-order valence-corrected chi connectivity index (χ2v) is 17.5. The van der Waals surface area contributed by atoms with E-state index in [2.05, 4.69) is 216 Å². The highest BCUT2D eigenvalue weighted by atomic mass is 32.2. The molecule has 0 N–H and O–H groups in total. The summed E-state index contributed by atoms with van der Waals surface area (Å²) in [5, 5.41) is 2.35. The molecule has 5 nitrogen and oxygen atoms in total. The van der Waals surface area contributed by atoms with E-state index in [1.165, 1.54) is 22.5 Å². The number of hydrogen-bond donors (Lipinski definition) is 0. The largest absolute Gasteiger partial charge is 0.455 e. The molecule has 1 aliphatic rings. The molecule has 0 aliphatic carbocycles. The smallest absolute Gasteiger partial charge is 0.141 e. The molecule has 0 saturated carbocycles. The van der Waals surface area contributed by atoms with Crippen molar-refractivity contribution >= 4 is 97.7 Å². The van der Waals surface area contributed by atoms with Gasteiger partial charge in [-0.1, -0.05) is 163 Å². The van der Waals surface area contributed by atoms with E-state index in [1.807, 2.05) is 24.3 Å². The topological polar surface area (TPSA) is 43.2 Å². The van der Waals surface area contributed by atoms with E-state index < -0.39 is 0 Å². The van der Waals surface area contributed by atoms with E-state index >= 15 is 0 Å². The highest BCUT2D eigenvalue weighted by Gasteiger charge is 2.24. The van der Waals surface area contributed by atoms with Gasteiger partial charge < -0.3 is 14.2 Å². The van der Waals surface area contributed by atoms with Crippen molar-refractivity contribution in [2.75, 3.05) is 4.90 Å². The molecule has 12 rings (SSSR count). The normalized spacial score (nSPS) is 12.2. The highest BCUT2D eigenvalue weighted by Crippen LogP contribution is 2.49. The Morgan fingerprint density at radius 2 is 1.03 bits per heavy atom. The molecule has 7 heteroatoms. The lowest BCUT2D eigenvalue weighted by Gasteiger charge is -2.26. The Kier molecular flexibility index (Phi) is 9.89. The van der Waals surface area contributed by atoms with Gasteiger partial charge in [0, 0.05) is 33.4 Å². The standard InChI is InChI=1S/C58H38N4OS2/c1-3-12-39(13-4-1)22-24-41-26-30-43(31-27-41)61(44-32-28-42(29-33-44)25-23-40-14-5-2-6-15-40)51-36-35-47(57-58(51)60-65-59-57)46-17-11-19-50-56(46)48-16-7-8-18-49(48)62(50)45-34-37-53-55(38-45)64-54-21-10-9-20-52(54)63-53/h1-38H/b24-22-,25-23-. The molecule has 0 saturated heterocycles. The first-order chi connectivity index (χ1) is 32.2. The van der Waals surface area contributed by atoms with Crippen LogP contribution in [-0.4, -0.2) is 13.3 Å². The van der Waals surface area contributed by atoms with Gasteiger partial charge in [0.2, 0.25) is 0 Å². The number of rotatable bonds is 9. The van der Waals surface area contributed by atoms with Gasteiger partial charge >= 0.3 is 0 Å². The second kappa shape index (κ2) is 16.6. The van der Waals surface area contributed by atoms with Crippen LogP contribution < -0.4 is 9.64 Å². The fraction of sp³-hybridized carbons (Fsp3) is 0. The van der Waals surface area contributed by atoms with Crippen molar-refractivity contribution in [3.05, 3.63) is 229 Å². The molecule has 0 fully saturated rings. The molecule has 0 amide bonds. The third-order valence-electron chi connectivity index (χ3n) is 11.9. The Morgan fingerprint density at radius 1 is 0.446 bits per heavy atom. The summed E-state index contributed by atoms with van der Waals surface area (Å²) in [6.45, 7) is 0. The van der Waals surface area contributed by atoms with Crippen LogP contribution in [0.5, 0.6) is 11.5 Å². The molecule has 2 aromatic heterocycles. The van der Waals surface area contributed by atoms with Crippen LogP contribution in [0.4, 0.5) is 17.1 Å². The number of aromatic nitrogens is 3. The Morgan fingerprint density at radius 3 is 1.74 bits per heavy atom. The molecule has 0 unspecified atom stereocenters. The second-order valence-electron chi connectivity index (χ2n) is 15.9. The summed E-state index contributed by atoms with van der Waals surface area (Å²) in [6.07, 6.45) is 8.61. The van der Waals surface area contributed by atoms with Crippen molar-refractivity contribution in [1.82, 2.24) is 13.3 Å². The molecular formula is C58H38N4OS2. The quantitative estimate of drug-likeness (QED) is 0.135. The molecule has 0 spiro atoms. The average molecular weight is 871 g/mol. The minimum absolute atomic E-state index is 0.848. The van der Waals surface area contributed by atoms with Crippen molar-refractivity contribution in [2.24, 2.45) is 0 Å². The van der Waals surface area contributed by atoms with Crippen molar-refractivity contribution in [3.8, 4) is 28.3 Å². The summed E-state index contributed by atoms with van der Waals surface area (Å²) in [4.78, 5) is 4.51. The third kappa shape index (κ3) is 7.27. The predicted molar refractivity (Wildman–Crippen MR) is 273 cm³/mol. The van der Waals surface area contributed by atoms with Crippen LogP contribution in [-0.2, 0) is 0 Å². The number of para-hydroxylation sites is 2. The monoisotopic (exact) mass is 870 g/mol. The number of nitrogens with zero attached hydrogens (tertiary/aromatic N) is 4. The van der Waals surface area contributed by atoms with Crippen LogP contribution in [0.15, 0.2) is 216 Å². The number of benzene rings is 9. The summed E-state index contributed by atoms with van der Waals surface area (Å²) >= 11 is 3.00. The fourth-order valence-electron chi connectivity index (χ4n) is 8.84. The van der Waals surface area contributed by atoms with Gasteiger partial charge in [-0.15, -0.1) is 0 Å². The van der Waals surface area contributed by atoms with Crippen molar-refractivity contribution < 1.29 is 4.74 Å². The lowest BCUT2D eigenvalue weighted by Crippen LogP contribution is -2.10. The molecule has 3 heterocycles. The van der Waals surface area contributed by atoms with Gasteiger partial charge in [0.1, 0.15) is 22.5 Å². The SMILES string of the molecule is C(=C/c1ccc(N(c2ccc(/C=C\c3ccccc3)cc2)c2ccc(-c3cccc4c3c3ccccc3n4-c3ccc4c(c3)Sc3ccccc3O4)c3nsnc23)cc1)/c1ccccc1. The average Bonchev–Trinajstić information content (AvgIpc) is 4.00. The van der Waals surface area contributed by atoms with Gasteiger partial charge in [-0.05, 0) is 107 Å². The summed E-state index contributed by atoms with van der Waals surface area (Å²) in [7, 11) is 0. The van der Waals surface area contributed by atoms with Gasteiger partial charge in [0.05, 0.1) is 38.2 Å². The zero-order valence-corrected chi connectivity index (χ0v) is 36.6. The zero-order chi connectivity index (χ0) is 43.1. The Labute approximate surface area is 385 Å². The molecule has 308 valence electrons. The fourth-order valence-corrected chi connectivity index (χ4v) is 10.4. The van der Waals surface area contributed by atoms with E-state index in [4.69, 9.17) is 13.5 Å². The molecule has 65 heavy (non-hydrogen) atoms. The molecule has 9 aromatic carbocycles. The molecule has 0 atom stereocenters. The van der Waals surface area contributed by atoms with Crippen molar-refractivity contribution in [1.29, 1.82) is 0 Å². The van der Waals surface area contributed by atoms with E-state index in [9.17, 15) is 0 Å². The third-order valence-corrected chi connectivity index (χ3v) is 13.6. The summed E-state index contributed by atoms with van der Waals surface area (Å²) in [6, 6.07) is 72.7. The summed E-state index contributed by atoms with van der Waals surface area (Å²) < 4.78 is 18.8. The number of fused-ring (bicyclic) bond motifs is 6. The van der Waals surface area contributed by atoms with Crippen LogP contribution in [0.2, 0.25) is 0 Å². The summed E-state index contributed by atoms with van der Waals surface area (Å²) in [5.74, 6) is 1.77. The van der Waals surface area contributed by atoms with Gasteiger partial charge in [-0.3, -0.25) is 0 Å². The maximum atomic E-state index is 6.33. The van der Waals surface area contributed by atoms with Crippen LogP contribution >= 0.6 is 23.5 Å². The first kappa shape index (κ1) is 38.7. The van der Waals surface area contributed by atoms with E-state index in [0.29, 0.717) is 0 Å². The van der Waals surface area contributed by atoms with Crippen molar-refractivity contribution in [3.63, 3.8) is 0 Å². The first-order valence-electron chi connectivity index (χ1n) is 21.6. The van der Waals surface area contributed by atoms with Crippen molar-refractivity contribution in [2.45, 2.75) is 9.79 Å².